The molecule has 0 aliphatic heterocycles. The van der Waals surface area contributed by atoms with Crippen molar-refractivity contribution in [3.63, 3.8) is 0 Å². The zero-order valence-corrected chi connectivity index (χ0v) is 10.4. The van der Waals surface area contributed by atoms with Gasteiger partial charge in [0.05, 0.1) is 17.3 Å². The zero-order chi connectivity index (χ0) is 14.1. The summed E-state index contributed by atoms with van der Waals surface area (Å²) >= 11 is 0. The monoisotopic (exact) mass is 262 g/mol. The molecule has 96 valence electrons. The van der Waals surface area contributed by atoms with Gasteiger partial charge in [0.15, 0.2) is 0 Å². The average molecular weight is 262 g/mol. The van der Waals surface area contributed by atoms with E-state index in [1.165, 1.54) is 0 Å². The van der Waals surface area contributed by atoms with Gasteiger partial charge in [-0.15, -0.1) is 0 Å². The first-order valence-corrected chi connectivity index (χ1v) is 5.98. The number of carbonyl (C=O) groups excluding carboxylic acids is 1. The molecule has 0 atom stereocenters. The molecule has 1 heterocycles. The quantitative estimate of drug-likeness (QED) is 0.766. The minimum absolute atomic E-state index is 0.207. The highest BCUT2D eigenvalue weighted by Gasteiger charge is 2.10. The van der Waals surface area contributed by atoms with Gasteiger partial charge in [0.25, 0.3) is 5.91 Å². The van der Waals surface area contributed by atoms with Crippen LogP contribution in [0.2, 0.25) is 0 Å². The standard InChI is InChI=1S/C15H10N4O/c16-9-10-5-6-14(12-4-2-1-3-11(10)12)19-8-7-13(18-19)15(17)20/h1-8H,(H2,17,20). The van der Waals surface area contributed by atoms with E-state index < -0.39 is 5.91 Å². The summed E-state index contributed by atoms with van der Waals surface area (Å²) in [4.78, 5) is 11.1. The van der Waals surface area contributed by atoms with Crippen LogP contribution in [0.15, 0.2) is 48.7 Å². The molecule has 3 rings (SSSR count). The lowest BCUT2D eigenvalue weighted by atomic mass is 10.0. The fourth-order valence-corrected chi connectivity index (χ4v) is 2.17. The smallest absolute Gasteiger partial charge is 0.269 e. The van der Waals surface area contributed by atoms with Crippen molar-refractivity contribution < 1.29 is 4.79 Å². The topological polar surface area (TPSA) is 84.7 Å². The molecule has 3 aromatic rings. The molecule has 0 unspecified atom stereocenters. The van der Waals surface area contributed by atoms with Crippen LogP contribution in [0.3, 0.4) is 0 Å². The fraction of sp³-hybridized carbons (Fsp3) is 0. The van der Waals surface area contributed by atoms with Crippen molar-refractivity contribution in [1.29, 1.82) is 5.26 Å². The zero-order valence-electron chi connectivity index (χ0n) is 10.4. The largest absolute Gasteiger partial charge is 0.364 e. The van der Waals surface area contributed by atoms with Crippen LogP contribution in [0.4, 0.5) is 0 Å². The van der Waals surface area contributed by atoms with Crippen molar-refractivity contribution in [1.82, 2.24) is 9.78 Å². The molecule has 0 bridgehead atoms. The molecule has 1 amide bonds. The van der Waals surface area contributed by atoms with E-state index in [1.54, 1.807) is 29.1 Å². The minimum Gasteiger partial charge on any atom is -0.364 e. The number of nitrogens with two attached hydrogens (primary N) is 1. The molecule has 2 aromatic carbocycles. The second-order valence-electron chi connectivity index (χ2n) is 4.30. The Hall–Kier alpha value is -3.13. The molecule has 1 aromatic heterocycles. The summed E-state index contributed by atoms with van der Waals surface area (Å²) in [5.74, 6) is -0.568. The Morgan fingerprint density at radius 3 is 2.55 bits per heavy atom. The molecule has 0 fully saturated rings. The maximum atomic E-state index is 11.1. The van der Waals surface area contributed by atoms with E-state index in [4.69, 9.17) is 11.0 Å². The van der Waals surface area contributed by atoms with Crippen molar-refractivity contribution in [3.05, 3.63) is 59.9 Å². The number of nitriles is 1. The molecule has 0 aliphatic carbocycles. The Morgan fingerprint density at radius 2 is 1.90 bits per heavy atom. The highest BCUT2D eigenvalue weighted by atomic mass is 16.1. The van der Waals surface area contributed by atoms with E-state index in [9.17, 15) is 4.79 Å². The number of amides is 1. The van der Waals surface area contributed by atoms with E-state index in [2.05, 4.69) is 11.2 Å². The van der Waals surface area contributed by atoms with Crippen molar-refractivity contribution in [3.8, 4) is 11.8 Å². The molecular weight excluding hydrogens is 252 g/mol. The van der Waals surface area contributed by atoms with Gasteiger partial charge in [0.2, 0.25) is 0 Å². The third-order valence-electron chi connectivity index (χ3n) is 3.11. The summed E-state index contributed by atoms with van der Waals surface area (Å²) in [6.07, 6.45) is 1.67. The summed E-state index contributed by atoms with van der Waals surface area (Å²) in [5, 5.41) is 15.0. The summed E-state index contributed by atoms with van der Waals surface area (Å²) in [6, 6.07) is 14.8. The van der Waals surface area contributed by atoms with Gasteiger partial charge in [0, 0.05) is 17.0 Å². The number of carbonyl (C=O) groups is 1. The van der Waals surface area contributed by atoms with E-state index in [1.807, 2.05) is 24.3 Å². The maximum Gasteiger partial charge on any atom is 0.269 e. The number of fused-ring (bicyclic) bond motifs is 1. The van der Waals surface area contributed by atoms with Gasteiger partial charge in [-0.3, -0.25) is 4.79 Å². The second kappa shape index (κ2) is 4.52. The van der Waals surface area contributed by atoms with Crippen molar-refractivity contribution in [2.45, 2.75) is 0 Å². The number of hydrogen-bond acceptors (Lipinski definition) is 3. The molecule has 5 heteroatoms. The third kappa shape index (κ3) is 1.80. The number of aromatic nitrogens is 2. The van der Waals surface area contributed by atoms with E-state index in [0.29, 0.717) is 5.56 Å². The van der Waals surface area contributed by atoms with Crippen molar-refractivity contribution in [2.75, 3.05) is 0 Å². The molecule has 20 heavy (non-hydrogen) atoms. The average Bonchev–Trinajstić information content (AvgIpc) is 2.96. The predicted octanol–water partition coefficient (Wildman–Crippen LogP) is 2.00. The van der Waals surface area contributed by atoms with Crippen LogP contribution in [0.5, 0.6) is 0 Å². The molecule has 0 saturated carbocycles. The molecule has 0 aliphatic rings. The molecule has 0 spiro atoms. The van der Waals surface area contributed by atoms with Crippen LogP contribution in [0, 0.1) is 11.3 Å². The third-order valence-corrected chi connectivity index (χ3v) is 3.11. The molecule has 0 radical (unpaired) electrons. The number of rotatable bonds is 2. The first kappa shape index (κ1) is 11.9. The molecule has 5 nitrogen and oxygen atoms in total. The van der Waals surface area contributed by atoms with Crippen LogP contribution < -0.4 is 5.73 Å². The minimum atomic E-state index is -0.568. The van der Waals surface area contributed by atoms with E-state index in [-0.39, 0.29) is 5.69 Å². The normalized spacial score (nSPS) is 10.3. The van der Waals surface area contributed by atoms with Gasteiger partial charge in [-0.1, -0.05) is 24.3 Å². The Balaban J connectivity index is 2.26. The molecular formula is C15H10N4O. The Labute approximate surface area is 114 Å². The van der Waals surface area contributed by atoms with Gasteiger partial charge in [-0.05, 0) is 18.2 Å². The van der Waals surface area contributed by atoms with Crippen LogP contribution >= 0.6 is 0 Å². The predicted molar refractivity (Wildman–Crippen MR) is 74.3 cm³/mol. The summed E-state index contributed by atoms with van der Waals surface area (Å²) in [5.41, 5.74) is 6.81. The number of benzene rings is 2. The number of hydrogen-bond donors (Lipinski definition) is 1. The fourth-order valence-electron chi connectivity index (χ4n) is 2.17. The SMILES string of the molecule is N#Cc1ccc(-n2ccc(C(N)=O)n2)c2ccccc12. The van der Waals surface area contributed by atoms with E-state index in [0.717, 1.165) is 16.5 Å². The Morgan fingerprint density at radius 1 is 1.15 bits per heavy atom. The summed E-state index contributed by atoms with van der Waals surface area (Å²) in [7, 11) is 0. The van der Waals surface area contributed by atoms with Crippen LogP contribution in [0.25, 0.3) is 16.5 Å². The first-order valence-electron chi connectivity index (χ1n) is 5.98. The van der Waals surface area contributed by atoms with Crippen LogP contribution in [-0.4, -0.2) is 15.7 Å². The second-order valence-corrected chi connectivity index (χ2v) is 4.30. The highest BCUT2D eigenvalue weighted by Crippen LogP contribution is 2.25. The Kier molecular flexibility index (Phi) is 2.70. The summed E-state index contributed by atoms with van der Waals surface area (Å²) in [6.45, 7) is 0. The maximum absolute atomic E-state index is 11.1. The van der Waals surface area contributed by atoms with Crippen LogP contribution in [0.1, 0.15) is 16.1 Å². The van der Waals surface area contributed by atoms with Gasteiger partial charge in [-0.25, -0.2) is 4.68 Å². The van der Waals surface area contributed by atoms with Crippen molar-refractivity contribution in [2.24, 2.45) is 5.73 Å². The summed E-state index contributed by atoms with van der Waals surface area (Å²) < 4.78 is 1.59. The van der Waals surface area contributed by atoms with Gasteiger partial charge in [-0.2, -0.15) is 10.4 Å². The first-order chi connectivity index (χ1) is 9.70. The van der Waals surface area contributed by atoms with Gasteiger partial charge < -0.3 is 5.73 Å². The Bertz CT molecular complexity index is 858. The number of primary amides is 1. The lowest BCUT2D eigenvalue weighted by molar-refractivity contribution is 0.0995. The highest BCUT2D eigenvalue weighted by molar-refractivity contribution is 5.94. The van der Waals surface area contributed by atoms with Crippen molar-refractivity contribution >= 4 is 16.7 Å². The molecule has 2 N–H and O–H groups in total. The molecule has 0 saturated heterocycles. The van der Waals surface area contributed by atoms with Gasteiger partial charge >= 0.3 is 0 Å². The van der Waals surface area contributed by atoms with E-state index >= 15 is 0 Å². The number of nitrogens with zero attached hydrogens (tertiary/aromatic N) is 3. The lowest BCUT2D eigenvalue weighted by Crippen LogP contribution is -2.12. The van der Waals surface area contributed by atoms with Crippen LogP contribution in [-0.2, 0) is 0 Å². The lowest BCUT2D eigenvalue weighted by Gasteiger charge is -2.07. The van der Waals surface area contributed by atoms with Gasteiger partial charge in [0.1, 0.15) is 5.69 Å².